The van der Waals surface area contributed by atoms with Crippen LogP contribution in [0.3, 0.4) is 0 Å². The van der Waals surface area contributed by atoms with Gasteiger partial charge in [0.25, 0.3) is 0 Å². The number of aryl methyl sites for hydroxylation is 1. The molecule has 1 aliphatic heterocycles. The topological polar surface area (TPSA) is 49.4 Å². The Bertz CT molecular complexity index is 934. The normalized spacial score (nSPS) is 14.0. The Morgan fingerprint density at radius 3 is 2.55 bits per heavy atom. The summed E-state index contributed by atoms with van der Waals surface area (Å²) in [5.41, 5.74) is 3.26. The van der Waals surface area contributed by atoms with Gasteiger partial charge in [-0.1, -0.05) is 30.3 Å². The van der Waals surface area contributed by atoms with Crippen molar-refractivity contribution in [1.29, 1.82) is 0 Å². The van der Waals surface area contributed by atoms with E-state index in [1.165, 1.54) is 29.8 Å². The van der Waals surface area contributed by atoms with Crippen molar-refractivity contribution in [3.8, 4) is 0 Å². The zero-order valence-electron chi connectivity index (χ0n) is 15.9. The second kappa shape index (κ2) is 8.51. The minimum Gasteiger partial charge on any atom is -0.343 e. The summed E-state index contributed by atoms with van der Waals surface area (Å²) in [5.74, 6) is -0.651. The van der Waals surface area contributed by atoms with Gasteiger partial charge in [-0.2, -0.15) is 13.2 Å². The lowest BCUT2D eigenvalue weighted by molar-refractivity contribution is -0.137. The van der Waals surface area contributed by atoms with Crippen LogP contribution in [0.5, 0.6) is 0 Å². The lowest BCUT2D eigenvalue weighted by Gasteiger charge is -2.30. The van der Waals surface area contributed by atoms with Crippen LogP contribution < -0.4 is 5.32 Å². The van der Waals surface area contributed by atoms with Gasteiger partial charge in [0.15, 0.2) is 0 Å². The standard InChI is InChI=1S/C22H21F3N2O2/c1-15-3-2-4-17-11-12-27(14-19(15)17)21(29)13-26-20(28)10-7-16-5-8-18(9-6-16)22(23,24)25/h2-10H,11-14H2,1H3,(H,26,28)/b10-7+. The van der Waals surface area contributed by atoms with E-state index in [9.17, 15) is 22.8 Å². The molecule has 0 fully saturated rings. The summed E-state index contributed by atoms with van der Waals surface area (Å²) >= 11 is 0. The van der Waals surface area contributed by atoms with Crippen LogP contribution in [0.4, 0.5) is 13.2 Å². The van der Waals surface area contributed by atoms with Crippen molar-refractivity contribution in [1.82, 2.24) is 10.2 Å². The highest BCUT2D eigenvalue weighted by Crippen LogP contribution is 2.29. The number of hydrogen-bond donors (Lipinski definition) is 1. The van der Waals surface area contributed by atoms with Crippen LogP contribution in [0.15, 0.2) is 48.5 Å². The third-order valence-electron chi connectivity index (χ3n) is 4.94. The van der Waals surface area contributed by atoms with Gasteiger partial charge in [-0.15, -0.1) is 0 Å². The van der Waals surface area contributed by atoms with Crippen LogP contribution in [0, 0.1) is 6.92 Å². The fourth-order valence-electron chi connectivity index (χ4n) is 3.25. The number of rotatable bonds is 4. The third kappa shape index (κ3) is 5.25. The largest absolute Gasteiger partial charge is 0.416 e. The van der Waals surface area contributed by atoms with E-state index in [0.29, 0.717) is 18.7 Å². The molecule has 0 unspecified atom stereocenters. The molecule has 2 aromatic rings. The molecule has 2 amide bonds. The monoisotopic (exact) mass is 402 g/mol. The van der Waals surface area contributed by atoms with Gasteiger partial charge in [0, 0.05) is 19.2 Å². The molecule has 3 rings (SSSR count). The third-order valence-corrected chi connectivity index (χ3v) is 4.94. The number of nitrogens with one attached hydrogen (secondary N) is 1. The Kier molecular flexibility index (Phi) is 6.06. The number of hydrogen-bond acceptors (Lipinski definition) is 2. The zero-order chi connectivity index (χ0) is 21.0. The summed E-state index contributed by atoms with van der Waals surface area (Å²) in [6.45, 7) is 3.02. The van der Waals surface area contributed by atoms with Gasteiger partial charge in [-0.3, -0.25) is 9.59 Å². The first kappa shape index (κ1) is 20.6. The number of nitrogens with zero attached hydrogens (tertiary/aromatic N) is 1. The predicted octanol–water partition coefficient (Wildman–Crippen LogP) is 3.73. The highest BCUT2D eigenvalue weighted by molar-refractivity contribution is 5.94. The van der Waals surface area contributed by atoms with E-state index in [1.807, 2.05) is 19.1 Å². The number of amides is 2. The molecular weight excluding hydrogens is 381 g/mol. The van der Waals surface area contributed by atoms with E-state index in [2.05, 4.69) is 11.4 Å². The Balaban J connectivity index is 1.51. The van der Waals surface area contributed by atoms with Gasteiger partial charge in [0.1, 0.15) is 0 Å². The number of carbonyl (C=O) groups is 2. The lowest BCUT2D eigenvalue weighted by atomic mass is 9.95. The molecule has 1 N–H and O–H groups in total. The molecular formula is C22H21F3N2O2. The van der Waals surface area contributed by atoms with Crippen molar-refractivity contribution >= 4 is 17.9 Å². The molecule has 0 aromatic heterocycles. The average Bonchev–Trinajstić information content (AvgIpc) is 2.70. The van der Waals surface area contributed by atoms with E-state index in [4.69, 9.17) is 0 Å². The highest BCUT2D eigenvalue weighted by Gasteiger charge is 2.29. The predicted molar refractivity (Wildman–Crippen MR) is 104 cm³/mol. The fraction of sp³-hybridized carbons (Fsp3) is 0.273. The Morgan fingerprint density at radius 2 is 1.86 bits per heavy atom. The summed E-state index contributed by atoms with van der Waals surface area (Å²) in [7, 11) is 0. The number of carbonyl (C=O) groups excluding carboxylic acids is 2. The molecule has 2 aromatic carbocycles. The van der Waals surface area contributed by atoms with Crippen molar-refractivity contribution in [2.45, 2.75) is 26.1 Å². The van der Waals surface area contributed by atoms with Crippen molar-refractivity contribution < 1.29 is 22.8 Å². The Labute approximate surface area is 167 Å². The molecule has 1 aliphatic rings. The molecule has 7 heteroatoms. The average molecular weight is 402 g/mol. The zero-order valence-corrected chi connectivity index (χ0v) is 15.9. The van der Waals surface area contributed by atoms with Gasteiger partial charge in [-0.05, 0) is 53.8 Å². The summed E-state index contributed by atoms with van der Waals surface area (Å²) in [6.07, 6.45) is -1.01. The van der Waals surface area contributed by atoms with E-state index in [0.717, 1.165) is 29.7 Å². The van der Waals surface area contributed by atoms with E-state index >= 15 is 0 Å². The molecule has 29 heavy (non-hydrogen) atoms. The summed E-state index contributed by atoms with van der Waals surface area (Å²) in [5, 5.41) is 2.53. The maximum atomic E-state index is 12.5. The molecule has 0 spiro atoms. The van der Waals surface area contributed by atoms with Crippen LogP contribution in [-0.4, -0.2) is 29.8 Å². The number of benzene rings is 2. The fourth-order valence-corrected chi connectivity index (χ4v) is 3.25. The summed E-state index contributed by atoms with van der Waals surface area (Å²) < 4.78 is 37.6. The highest BCUT2D eigenvalue weighted by atomic mass is 19.4. The Hall–Kier alpha value is -3.09. The molecule has 4 nitrogen and oxygen atoms in total. The second-order valence-corrected chi connectivity index (χ2v) is 6.95. The molecule has 0 bridgehead atoms. The van der Waals surface area contributed by atoms with Crippen LogP contribution in [0.2, 0.25) is 0 Å². The quantitative estimate of drug-likeness (QED) is 0.793. The minimum absolute atomic E-state index is 0.128. The van der Waals surface area contributed by atoms with E-state index in [-0.39, 0.29) is 12.5 Å². The first-order valence-corrected chi connectivity index (χ1v) is 9.22. The first-order valence-electron chi connectivity index (χ1n) is 9.22. The van der Waals surface area contributed by atoms with E-state index < -0.39 is 17.6 Å². The first-order chi connectivity index (χ1) is 13.7. The van der Waals surface area contributed by atoms with Gasteiger partial charge in [0.05, 0.1) is 12.1 Å². The van der Waals surface area contributed by atoms with Crippen LogP contribution >= 0.6 is 0 Å². The molecule has 0 saturated carbocycles. The van der Waals surface area contributed by atoms with Crippen LogP contribution in [0.25, 0.3) is 6.08 Å². The van der Waals surface area contributed by atoms with Crippen molar-refractivity contribution in [3.05, 3.63) is 76.4 Å². The lowest BCUT2D eigenvalue weighted by Crippen LogP contribution is -2.42. The SMILES string of the molecule is Cc1cccc2c1CN(C(=O)CNC(=O)/C=C/c1ccc(C(F)(F)F)cc1)CC2. The molecule has 0 saturated heterocycles. The van der Waals surface area contributed by atoms with E-state index in [1.54, 1.807) is 4.90 Å². The van der Waals surface area contributed by atoms with Crippen LogP contribution in [-0.2, 0) is 28.7 Å². The number of fused-ring (bicyclic) bond motifs is 1. The smallest absolute Gasteiger partial charge is 0.343 e. The van der Waals surface area contributed by atoms with Gasteiger partial charge < -0.3 is 10.2 Å². The summed E-state index contributed by atoms with van der Waals surface area (Å²) in [4.78, 5) is 26.1. The van der Waals surface area contributed by atoms with Crippen LogP contribution in [0.1, 0.15) is 27.8 Å². The number of halogens is 3. The maximum absolute atomic E-state index is 12.5. The summed E-state index contributed by atoms with van der Waals surface area (Å²) in [6, 6.07) is 10.6. The van der Waals surface area contributed by atoms with Crippen molar-refractivity contribution in [2.75, 3.05) is 13.1 Å². The Morgan fingerprint density at radius 1 is 1.14 bits per heavy atom. The molecule has 0 radical (unpaired) electrons. The molecule has 0 aliphatic carbocycles. The van der Waals surface area contributed by atoms with Gasteiger partial charge >= 0.3 is 6.18 Å². The minimum atomic E-state index is -4.40. The van der Waals surface area contributed by atoms with Gasteiger partial charge in [0.2, 0.25) is 11.8 Å². The van der Waals surface area contributed by atoms with Crippen molar-refractivity contribution in [2.24, 2.45) is 0 Å². The second-order valence-electron chi connectivity index (χ2n) is 6.95. The maximum Gasteiger partial charge on any atom is 0.416 e. The number of alkyl halides is 3. The van der Waals surface area contributed by atoms with Crippen molar-refractivity contribution in [3.63, 3.8) is 0 Å². The molecule has 152 valence electrons. The van der Waals surface area contributed by atoms with Gasteiger partial charge in [-0.25, -0.2) is 0 Å². The molecule has 0 atom stereocenters. The molecule has 1 heterocycles.